The maximum atomic E-state index is 11.6. The van der Waals surface area contributed by atoms with Gasteiger partial charge in [0.05, 0.1) is 5.97 Å². The number of rotatable bonds is 5. The van der Waals surface area contributed by atoms with E-state index in [0.29, 0.717) is 11.8 Å². The average Bonchev–Trinajstić information content (AvgIpc) is 2.68. The Morgan fingerprint density at radius 1 is 0.926 bits per heavy atom. The van der Waals surface area contributed by atoms with Gasteiger partial charge in [0.2, 0.25) is 5.91 Å². The summed E-state index contributed by atoms with van der Waals surface area (Å²) < 4.78 is 0. The van der Waals surface area contributed by atoms with Crippen LogP contribution < -0.4 is 20.2 Å². The number of carbonyl (C=O) groups excluding carboxylic acids is 2. The molecule has 0 unspecified atom stereocenters. The Kier molecular flexibility index (Phi) is 5.76. The minimum absolute atomic E-state index is 0.501. The molecule has 1 saturated heterocycles. The number of benzene rings is 2. The van der Waals surface area contributed by atoms with Crippen LogP contribution in [0.4, 0.5) is 17.1 Å². The number of piperazine rings is 1. The molecule has 140 valence electrons. The molecule has 1 fully saturated rings. The fourth-order valence-corrected chi connectivity index (χ4v) is 3.21. The summed E-state index contributed by atoms with van der Waals surface area (Å²) in [5.41, 5.74) is 4.30. The lowest BCUT2D eigenvalue weighted by atomic mass is 10.1. The smallest absolute Gasteiger partial charge is 0.248 e. The van der Waals surface area contributed by atoms with E-state index in [9.17, 15) is 14.7 Å². The van der Waals surface area contributed by atoms with Gasteiger partial charge >= 0.3 is 0 Å². The number of hydrogen-bond donors (Lipinski definition) is 1. The van der Waals surface area contributed by atoms with Gasteiger partial charge in [-0.15, -0.1) is 0 Å². The summed E-state index contributed by atoms with van der Waals surface area (Å²) in [4.78, 5) is 26.6. The zero-order valence-corrected chi connectivity index (χ0v) is 15.2. The van der Waals surface area contributed by atoms with Crippen LogP contribution >= 0.6 is 0 Å². The molecule has 2 aromatic rings. The van der Waals surface area contributed by atoms with Crippen molar-refractivity contribution < 1.29 is 14.7 Å². The van der Waals surface area contributed by atoms with Crippen LogP contribution in [0.15, 0.2) is 60.7 Å². The molecule has 1 aliphatic heterocycles. The summed E-state index contributed by atoms with van der Waals surface area (Å²) in [6.45, 7) is 5.90. The molecular formula is C21H22N3O3-. The highest BCUT2D eigenvalue weighted by Gasteiger charge is 2.18. The van der Waals surface area contributed by atoms with Crippen molar-refractivity contribution in [1.29, 1.82) is 0 Å². The fourth-order valence-electron chi connectivity index (χ4n) is 3.21. The fraction of sp³-hybridized carbons (Fsp3) is 0.238. The van der Waals surface area contributed by atoms with Gasteiger partial charge in [0.1, 0.15) is 0 Å². The Morgan fingerprint density at radius 3 is 2.19 bits per heavy atom. The van der Waals surface area contributed by atoms with E-state index in [0.717, 1.165) is 37.9 Å². The predicted octanol–water partition coefficient (Wildman–Crippen LogP) is 1.57. The number of carboxylic acid groups (broad SMARTS) is 1. The zero-order chi connectivity index (χ0) is 19.2. The van der Waals surface area contributed by atoms with Gasteiger partial charge in [-0.05, 0) is 48.9 Å². The molecule has 0 atom stereocenters. The first-order valence-electron chi connectivity index (χ1n) is 8.88. The van der Waals surface area contributed by atoms with Crippen molar-refractivity contribution in [2.24, 2.45) is 0 Å². The summed E-state index contributed by atoms with van der Waals surface area (Å²) >= 11 is 0. The van der Waals surface area contributed by atoms with E-state index in [2.05, 4.69) is 46.3 Å². The molecule has 1 amide bonds. The number of nitrogens with one attached hydrogen (secondary N) is 1. The van der Waals surface area contributed by atoms with Crippen LogP contribution in [0, 0.1) is 6.92 Å². The first-order chi connectivity index (χ1) is 13.0. The van der Waals surface area contributed by atoms with Crippen molar-refractivity contribution in [3.63, 3.8) is 0 Å². The highest BCUT2D eigenvalue weighted by Crippen LogP contribution is 2.24. The number of anilines is 3. The van der Waals surface area contributed by atoms with E-state index in [1.807, 2.05) is 24.3 Å². The Morgan fingerprint density at radius 2 is 1.56 bits per heavy atom. The van der Waals surface area contributed by atoms with Crippen molar-refractivity contribution >= 4 is 28.9 Å². The third kappa shape index (κ3) is 4.88. The summed E-state index contributed by atoms with van der Waals surface area (Å²) in [5.74, 6) is -1.90. The van der Waals surface area contributed by atoms with Crippen LogP contribution in [0.5, 0.6) is 0 Å². The summed E-state index contributed by atoms with van der Waals surface area (Å²) in [5, 5.41) is 12.9. The molecule has 0 spiro atoms. The molecule has 1 heterocycles. The maximum absolute atomic E-state index is 11.6. The number of nitrogens with zero attached hydrogens (tertiary/aromatic N) is 2. The van der Waals surface area contributed by atoms with Gasteiger partial charge in [-0.2, -0.15) is 0 Å². The Bertz CT molecular complexity index is 838. The summed E-state index contributed by atoms with van der Waals surface area (Å²) in [6.07, 6.45) is 1.64. The Balaban J connectivity index is 1.56. The number of para-hydroxylation sites is 1. The van der Waals surface area contributed by atoms with E-state index in [1.54, 1.807) is 0 Å². The van der Waals surface area contributed by atoms with Crippen LogP contribution in [0.3, 0.4) is 0 Å². The Labute approximate surface area is 158 Å². The molecule has 6 nitrogen and oxygen atoms in total. The van der Waals surface area contributed by atoms with Crippen LogP contribution in [-0.4, -0.2) is 38.1 Å². The van der Waals surface area contributed by atoms with Crippen molar-refractivity contribution in [1.82, 2.24) is 0 Å². The van der Waals surface area contributed by atoms with Gasteiger partial charge in [0.15, 0.2) is 0 Å². The molecule has 0 radical (unpaired) electrons. The number of aliphatic carboxylic acids is 1. The molecule has 6 heteroatoms. The second-order valence-electron chi connectivity index (χ2n) is 6.45. The van der Waals surface area contributed by atoms with Crippen molar-refractivity contribution in [2.45, 2.75) is 6.92 Å². The second kappa shape index (κ2) is 8.40. The van der Waals surface area contributed by atoms with Crippen LogP contribution in [0.25, 0.3) is 0 Å². The van der Waals surface area contributed by atoms with Gasteiger partial charge in [-0.25, -0.2) is 0 Å². The summed E-state index contributed by atoms with van der Waals surface area (Å²) in [6, 6.07) is 16.0. The maximum Gasteiger partial charge on any atom is 0.248 e. The van der Waals surface area contributed by atoms with Crippen LogP contribution in [0.1, 0.15) is 5.56 Å². The number of amides is 1. The molecule has 1 aliphatic rings. The molecule has 0 saturated carbocycles. The van der Waals surface area contributed by atoms with Crippen molar-refractivity contribution in [2.75, 3.05) is 41.3 Å². The monoisotopic (exact) mass is 364 g/mol. The lowest BCUT2D eigenvalue weighted by Gasteiger charge is -2.38. The molecule has 3 rings (SSSR count). The van der Waals surface area contributed by atoms with Crippen LogP contribution in [0.2, 0.25) is 0 Å². The highest BCUT2D eigenvalue weighted by molar-refractivity contribution is 6.02. The molecule has 0 aliphatic carbocycles. The topological polar surface area (TPSA) is 75.7 Å². The van der Waals surface area contributed by atoms with Crippen molar-refractivity contribution in [3.8, 4) is 0 Å². The second-order valence-corrected chi connectivity index (χ2v) is 6.45. The molecule has 1 N–H and O–H groups in total. The zero-order valence-electron chi connectivity index (χ0n) is 15.2. The SMILES string of the molecule is Cc1ccccc1N1CCN(c2ccc(NC(=O)C=CC(=O)[O-])cc2)CC1. The van der Waals surface area contributed by atoms with Gasteiger partial charge in [0.25, 0.3) is 0 Å². The first-order valence-corrected chi connectivity index (χ1v) is 8.88. The first kappa shape index (κ1) is 18.5. The molecule has 2 aromatic carbocycles. The normalized spacial score (nSPS) is 14.4. The number of carbonyl (C=O) groups is 2. The van der Waals surface area contributed by atoms with E-state index in [4.69, 9.17) is 0 Å². The van der Waals surface area contributed by atoms with E-state index in [1.165, 1.54) is 11.3 Å². The number of hydrogen-bond acceptors (Lipinski definition) is 5. The number of carboxylic acids is 1. The molecule has 27 heavy (non-hydrogen) atoms. The van der Waals surface area contributed by atoms with Crippen molar-refractivity contribution in [3.05, 3.63) is 66.2 Å². The Hall–Kier alpha value is -3.28. The average molecular weight is 364 g/mol. The van der Waals surface area contributed by atoms with Gasteiger partial charge in [0, 0.05) is 49.3 Å². The van der Waals surface area contributed by atoms with E-state index >= 15 is 0 Å². The predicted molar refractivity (Wildman–Crippen MR) is 105 cm³/mol. The lowest BCUT2D eigenvalue weighted by molar-refractivity contribution is -0.297. The minimum Gasteiger partial charge on any atom is -0.545 e. The summed E-state index contributed by atoms with van der Waals surface area (Å²) in [7, 11) is 0. The van der Waals surface area contributed by atoms with Gasteiger partial charge in [-0.3, -0.25) is 4.79 Å². The number of aryl methyl sites for hydroxylation is 1. The highest BCUT2D eigenvalue weighted by atomic mass is 16.4. The standard InChI is InChI=1S/C21H23N3O3/c1-16-4-2-3-5-19(16)24-14-12-23(13-15-24)18-8-6-17(7-9-18)22-20(25)10-11-21(26)27/h2-11H,12-15H2,1H3,(H,22,25)(H,26,27)/p-1. The van der Waals surface area contributed by atoms with E-state index in [-0.39, 0.29) is 0 Å². The lowest BCUT2D eigenvalue weighted by Crippen LogP contribution is -2.46. The minimum atomic E-state index is -1.40. The third-order valence-electron chi connectivity index (χ3n) is 4.61. The van der Waals surface area contributed by atoms with Gasteiger partial charge in [-0.1, -0.05) is 18.2 Å². The quantitative estimate of drug-likeness (QED) is 0.815. The van der Waals surface area contributed by atoms with Gasteiger partial charge < -0.3 is 25.0 Å². The molecule has 0 aromatic heterocycles. The third-order valence-corrected chi connectivity index (χ3v) is 4.61. The van der Waals surface area contributed by atoms with Crippen LogP contribution in [-0.2, 0) is 9.59 Å². The van der Waals surface area contributed by atoms with E-state index < -0.39 is 11.9 Å². The largest absolute Gasteiger partial charge is 0.545 e. The molecule has 0 bridgehead atoms. The molecular weight excluding hydrogens is 342 g/mol.